The first-order chi connectivity index (χ1) is 9.47. The smallest absolute Gasteiger partial charge is 0.355 e. The van der Waals surface area contributed by atoms with Gasteiger partial charge < -0.3 is 10.4 Å². The topological polar surface area (TPSA) is 97.1 Å². The van der Waals surface area contributed by atoms with Crippen molar-refractivity contribution in [3.63, 3.8) is 0 Å². The number of benzene rings is 1. The Hall–Kier alpha value is -2.12. The molecule has 0 saturated carbocycles. The van der Waals surface area contributed by atoms with Gasteiger partial charge in [0.25, 0.3) is 0 Å². The first kappa shape index (κ1) is 14.3. The normalized spacial score (nSPS) is 10.3. The molecule has 0 bridgehead atoms. The van der Waals surface area contributed by atoms with Crippen LogP contribution in [-0.2, 0) is 11.3 Å². The number of anilines is 1. The molecule has 1 aromatic carbocycles. The summed E-state index contributed by atoms with van der Waals surface area (Å²) in [6, 6.07) is 4.60. The molecule has 7 nitrogen and oxygen atoms in total. The number of hydrogen-bond donors (Lipinski definition) is 2. The molecule has 0 saturated heterocycles. The Bertz CT molecular complexity index is 671. The van der Waals surface area contributed by atoms with Crippen molar-refractivity contribution >= 4 is 40.8 Å². The fraction of sp³-hybridized carbons (Fsp3) is 0.0909. The summed E-state index contributed by atoms with van der Waals surface area (Å²) in [5, 5.41) is 19.1. The fourth-order valence-electron chi connectivity index (χ4n) is 1.45. The molecule has 9 heteroatoms. The lowest BCUT2D eigenvalue weighted by molar-refractivity contribution is -0.116. The molecular weight excluding hydrogens is 307 g/mol. The number of carbonyl (C=O) groups is 2. The van der Waals surface area contributed by atoms with Crippen LogP contribution in [0, 0.1) is 0 Å². The zero-order chi connectivity index (χ0) is 14.7. The van der Waals surface area contributed by atoms with Gasteiger partial charge in [0.15, 0.2) is 5.69 Å². The Labute approximate surface area is 123 Å². The molecule has 2 aromatic rings. The minimum absolute atomic E-state index is 0.172. The quantitative estimate of drug-likeness (QED) is 0.898. The van der Waals surface area contributed by atoms with Crippen molar-refractivity contribution in [3.05, 3.63) is 40.1 Å². The Morgan fingerprint density at radius 3 is 2.70 bits per heavy atom. The number of carbonyl (C=O) groups excluding carboxylic acids is 1. The molecule has 0 radical (unpaired) electrons. The van der Waals surface area contributed by atoms with Crippen molar-refractivity contribution in [2.45, 2.75) is 6.54 Å². The van der Waals surface area contributed by atoms with Crippen molar-refractivity contribution in [1.29, 1.82) is 0 Å². The zero-order valence-electron chi connectivity index (χ0n) is 9.88. The van der Waals surface area contributed by atoms with E-state index in [0.29, 0.717) is 15.7 Å². The van der Waals surface area contributed by atoms with Crippen molar-refractivity contribution < 1.29 is 14.7 Å². The van der Waals surface area contributed by atoms with Crippen LogP contribution >= 0.6 is 23.2 Å². The van der Waals surface area contributed by atoms with Crippen LogP contribution in [0.5, 0.6) is 0 Å². The minimum Gasteiger partial charge on any atom is -0.476 e. The molecule has 0 spiro atoms. The van der Waals surface area contributed by atoms with E-state index in [2.05, 4.69) is 15.6 Å². The monoisotopic (exact) mass is 314 g/mol. The molecule has 0 aliphatic heterocycles. The summed E-state index contributed by atoms with van der Waals surface area (Å²) in [6.45, 7) is -0.276. The lowest BCUT2D eigenvalue weighted by Crippen LogP contribution is -2.22. The summed E-state index contributed by atoms with van der Waals surface area (Å²) >= 11 is 11.6. The molecule has 104 valence electrons. The summed E-state index contributed by atoms with van der Waals surface area (Å²) in [7, 11) is 0. The summed E-state index contributed by atoms with van der Waals surface area (Å²) < 4.78 is 0.981. The van der Waals surface area contributed by atoms with Gasteiger partial charge in [-0.2, -0.15) is 0 Å². The summed E-state index contributed by atoms with van der Waals surface area (Å²) in [4.78, 5) is 22.6. The number of halogens is 2. The second-order valence-electron chi connectivity index (χ2n) is 3.76. The molecule has 0 aliphatic carbocycles. The van der Waals surface area contributed by atoms with E-state index in [0.717, 1.165) is 10.9 Å². The van der Waals surface area contributed by atoms with Gasteiger partial charge in [-0.25, -0.2) is 9.48 Å². The second-order valence-corrected chi connectivity index (χ2v) is 4.57. The summed E-state index contributed by atoms with van der Waals surface area (Å²) in [5.74, 6) is -1.67. The number of carboxylic acid groups (broad SMARTS) is 1. The van der Waals surface area contributed by atoms with Crippen LogP contribution in [0.3, 0.4) is 0 Å². The largest absolute Gasteiger partial charge is 0.476 e. The number of aromatic carboxylic acids is 1. The van der Waals surface area contributed by atoms with Crippen molar-refractivity contribution in [2.24, 2.45) is 0 Å². The molecule has 20 heavy (non-hydrogen) atoms. The third-order valence-corrected chi connectivity index (χ3v) is 3.07. The van der Waals surface area contributed by atoms with Gasteiger partial charge in [0.05, 0.1) is 16.2 Å². The van der Waals surface area contributed by atoms with Crippen LogP contribution in [0.1, 0.15) is 10.5 Å². The second kappa shape index (κ2) is 5.89. The Kier molecular flexibility index (Phi) is 4.21. The van der Waals surface area contributed by atoms with Gasteiger partial charge in [-0.3, -0.25) is 4.79 Å². The predicted octanol–water partition coefficient (Wildman–Crippen LogP) is 1.92. The van der Waals surface area contributed by atoms with Crippen molar-refractivity contribution in [2.75, 3.05) is 5.32 Å². The molecule has 0 unspecified atom stereocenters. The number of nitrogens with zero attached hydrogens (tertiary/aromatic N) is 3. The van der Waals surface area contributed by atoms with Crippen LogP contribution in [-0.4, -0.2) is 32.0 Å². The highest BCUT2D eigenvalue weighted by atomic mass is 35.5. The lowest BCUT2D eigenvalue weighted by atomic mass is 10.3. The molecule has 1 heterocycles. The van der Waals surface area contributed by atoms with Crippen LogP contribution in [0.4, 0.5) is 5.69 Å². The molecular formula is C11H8Cl2N4O3. The van der Waals surface area contributed by atoms with Crippen molar-refractivity contribution in [3.8, 4) is 0 Å². The van der Waals surface area contributed by atoms with Gasteiger partial charge >= 0.3 is 5.97 Å². The molecule has 2 rings (SSSR count). The maximum Gasteiger partial charge on any atom is 0.355 e. The molecule has 0 aliphatic rings. The summed E-state index contributed by atoms with van der Waals surface area (Å²) in [6.07, 6.45) is 1.06. The molecule has 0 atom stereocenters. The Balaban J connectivity index is 2.07. The van der Waals surface area contributed by atoms with Gasteiger partial charge in [-0.15, -0.1) is 5.10 Å². The van der Waals surface area contributed by atoms with Gasteiger partial charge in [-0.1, -0.05) is 28.4 Å². The number of aromatic nitrogens is 3. The highest BCUT2D eigenvalue weighted by Gasteiger charge is 2.14. The minimum atomic E-state index is -1.21. The Morgan fingerprint density at radius 1 is 1.30 bits per heavy atom. The maximum atomic E-state index is 11.8. The van der Waals surface area contributed by atoms with Gasteiger partial charge in [0, 0.05) is 5.69 Å². The fourth-order valence-corrected chi connectivity index (χ4v) is 1.75. The molecule has 1 amide bonds. The van der Waals surface area contributed by atoms with Crippen LogP contribution in [0.15, 0.2) is 24.4 Å². The van der Waals surface area contributed by atoms with E-state index in [1.54, 1.807) is 6.07 Å². The predicted molar refractivity (Wildman–Crippen MR) is 72.1 cm³/mol. The maximum absolute atomic E-state index is 11.8. The standard InChI is InChI=1S/C11H8Cl2N4O3/c12-7-2-1-6(3-8(7)13)15-10(18)5-17-9(11(19)20)4-14-16-17/h1-4H,5H2,(H,15,18)(H,19,20). The number of nitrogens with one attached hydrogen (secondary N) is 1. The van der Waals surface area contributed by atoms with E-state index in [9.17, 15) is 9.59 Å². The van der Waals surface area contributed by atoms with E-state index < -0.39 is 11.9 Å². The van der Waals surface area contributed by atoms with E-state index in [-0.39, 0.29) is 12.2 Å². The first-order valence-electron chi connectivity index (χ1n) is 5.34. The Morgan fingerprint density at radius 2 is 2.05 bits per heavy atom. The first-order valence-corrected chi connectivity index (χ1v) is 6.09. The van der Waals surface area contributed by atoms with Crippen LogP contribution in [0.2, 0.25) is 10.0 Å². The number of carboxylic acids is 1. The van der Waals surface area contributed by atoms with Gasteiger partial charge in [0.1, 0.15) is 6.54 Å². The third kappa shape index (κ3) is 3.25. The average molecular weight is 315 g/mol. The average Bonchev–Trinajstić information content (AvgIpc) is 2.82. The summed E-state index contributed by atoms with van der Waals surface area (Å²) in [5.41, 5.74) is 0.274. The van der Waals surface area contributed by atoms with E-state index in [4.69, 9.17) is 28.3 Å². The highest BCUT2D eigenvalue weighted by molar-refractivity contribution is 6.42. The SMILES string of the molecule is O=C(Cn1nncc1C(=O)O)Nc1ccc(Cl)c(Cl)c1. The van der Waals surface area contributed by atoms with E-state index in [1.807, 2.05) is 0 Å². The van der Waals surface area contributed by atoms with Crippen LogP contribution < -0.4 is 5.32 Å². The number of amides is 1. The zero-order valence-corrected chi connectivity index (χ0v) is 11.4. The van der Waals surface area contributed by atoms with Gasteiger partial charge in [0.2, 0.25) is 5.91 Å². The number of rotatable bonds is 4. The van der Waals surface area contributed by atoms with Crippen LogP contribution in [0.25, 0.3) is 0 Å². The lowest BCUT2D eigenvalue weighted by Gasteiger charge is -2.07. The third-order valence-electron chi connectivity index (χ3n) is 2.33. The van der Waals surface area contributed by atoms with E-state index >= 15 is 0 Å². The van der Waals surface area contributed by atoms with E-state index in [1.165, 1.54) is 12.1 Å². The number of hydrogen-bond acceptors (Lipinski definition) is 4. The molecule has 0 fully saturated rings. The molecule has 1 aromatic heterocycles. The van der Waals surface area contributed by atoms with Crippen molar-refractivity contribution in [1.82, 2.24) is 15.0 Å². The van der Waals surface area contributed by atoms with Gasteiger partial charge in [-0.05, 0) is 18.2 Å². The highest BCUT2D eigenvalue weighted by Crippen LogP contribution is 2.24. The molecule has 2 N–H and O–H groups in total.